The average Bonchev–Trinajstić information content (AvgIpc) is 2.30. The van der Waals surface area contributed by atoms with E-state index >= 15 is 0 Å². The Morgan fingerprint density at radius 1 is 1.29 bits per heavy atom. The predicted octanol–water partition coefficient (Wildman–Crippen LogP) is 1.22. The summed E-state index contributed by atoms with van der Waals surface area (Å²) in [5, 5.41) is 3.27. The van der Waals surface area contributed by atoms with Crippen molar-refractivity contribution in [3.8, 4) is 5.75 Å². The van der Waals surface area contributed by atoms with E-state index in [2.05, 4.69) is 5.32 Å². The molecule has 0 aromatic heterocycles. The molecule has 1 aromatic carbocycles. The Balaban J connectivity index is 2.03. The lowest BCUT2D eigenvalue weighted by molar-refractivity contribution is 0.167. The van der Waals surface area contributed by atoms with Gasteiger partial charge in [-0.3, -0.25) is 0 Å². The molecule has 1 atom stereocenters. The molecule has 0 spiro atoms. The van der Waals surface area contributed by atoms with Crippen LogP contribution in [0.5, 0.6) is 5.75 Å². The molecule has 1 aliphatic rings. The molecule has 0 unspecified atom stereocenters. The first-order valence-corrected chi connectivity index (χ1v) is 7.62. The van der Waals surface area contributed by atoms with Crippen molar-refractivity contribution < 1.29 is 13.2 Å². The Bertz CT molecular complexity index is 461. The number of piperidine rings is 1. The van der Waals surface area contributed by atoms with Gasteiger partial charge in [-0.25, -0.2) is 8.42 Å². The Morgan fingerprint density at radius 3 is 2.53 bits per heavy atom. The monoisotopic (exact) mass is 255 g/mol. The van der Waals surface area contributed by atoms with E-state index in [0.29, 0.717) is 4.90 Å². The van der Waals surface area contributed by atoms with Gasteiger partial charge in [0.05, 0.1) is 4.90 Å². The molecule has 0 amide bonds. The van der Waals surface area contributed by atoms with E-state index in [1.54, 1.807) is 24.3 Å². The van der Waals surface area contributed by atoms with Gasteiger partial charge < -0.3 is 10.1 Å². The van der Waals surface area contributed by atoms with Crippen LogP contribution >= 0.6 is 0 Å². The maximum Gasteiger partial charge on any atom is 0.175 e. The zero-order valence-electron chi connectivity index (χ0n) is 9.85. The van der Waals surface area contributed by atoms with E-state index in [9.17, 15) is 8.42 Å². The number of sulfone groups is 1. The van der Waals surface area contributed by atoms with Crippen LogP contribution in [0.4, 0.5) is 0 Å². The van der Waals surface area contributed by atoms with Crippen LogP contribution in [-0.4, -0.2) is 33.9 Å². The zero-order chi connectivity index (χ0) is 12.3. The summed E-state index contributed by atoms with van der Waals surface area (Å²) in [6.45, 7) is 1.90. The van der Waals surface area contributed by atoms with Gasteiger partial charge in [-0.15, -0.1) is 0 Å². The second-order valence-corrected chi connectivity index (χ2v) is 6.35. The third-order valence-electron chi connectivity index (χ3n) is 2.81. The van der Waals surface area contributed by atoms with Crippen molar-refractivity contribution in [3.63, 3.8) is 0 Å². The molecule has 1 aliphatic heterocycles. The van der Waals surface area contributed by atoms with Crippen LogP contribution in [0.15, 0.2) is 29.2 Å². The number of benzene rings is 1. The van der Waals surface area contributed by atoms with E-state index < -0.39 is 9.84 Å². The van der Waals surface area contributed by atoms with Gasteiger partial charge in [0.1, 0.15) is 11.9 Å². The Labute approximate surface area is 102 Å². The topological polar surface area (TPSA) is 55.4 Å². The fourth-order valence-electron chi connectivity index (χ4n) is 1.88. The summed E-state index contributed by atoms with van der Waals surface area (Å²) in [5.74, 6) is 0.728. The standard InChI is InChI=1S/C12H17NO3S/c1-17(14,15)12-6-4-10(5-7-12)16-11-3-2-8-13-9-11/h4-7,11,13H,2-3,8-9H2,1H3/t11-/m1/s1. The van der Waals surface area contributed by atoms with E-state index in [-0.39, 0.29) is 6.10 Å². The molecule has 1 aromatic rings. The molecule has 94 valence electrons. The third kappa shape index (κ3) is 3.44. The molecular weight excluding hydrogens is 238 g/mol. The molecule has 1 N–H and O–H groups in total. The van der Waals surface area contributed by atoms with Gasteiger partial charge in [-0.1, -0.05) is 0 Å². The highest BCUT2D eigenvalue weighted by Crippen LogP contribution is 2.18. The fraction of sp³-hybridized carbons (Fsp3) is 0.500. The lowest BCUT2D eigenvalue weighted by Gasteiger charge is -2.23. The number of hydrogen-bond acceptors (Lipinski definition) is 4. The minimum absolute atomic E-state index is 0.188. The molecular formula is C12H17NO3S. The maximum atomic E-state index is 11.3. The molecule has 0 bridgehead atoms. The molecule has 5 heteroatoms. The molecule has 2 rings (SSSR count). The second kappa shape index (κ2) is 5.06. The summed E-state index contributed by atoms with van der Waals surface area (Å²) in [5.41, 5.74) is 0. The van der Waals surface area contributed by atoms with Crippen molar-refractivity contribution in [2.75, 3.05) is 19.3 Å². The number of ether oxygens (including phenoxy) is 1. The Hall–Kier alpha value is -1.07. The maximum absolute atomic E-state index is 11.3. The summed E-state index contributed by atoms with van der Waals surface area (Å²) >= 11 is 0. The minimum atomic E-state index is -3.12. The lowest BCUT2D eigenvalue weighted by Crippen LogP contribution is -2.37. The highest BCUT2D eigenvalue weighted by atomic mass is 32.2. The lowest BCUT2D eigenvalue weighted by atomic mass is 10.1. The molecule has 0 saturated carbocycles. The van der Waals surface area contributed by atoms with Gasteiger partial charge in [0.2, 0.25) is 0 Å². The highest BCUT2D eigenvalue weighted by molar-refractivity contribution is 7.90. The van der Waals surface area contributed by atoms with Gasteiger partial charge in [-0.2, -0.15) is 0 Å². The predicted molar refractivity (Wildman–Crippen MR) is 66.1 cm³/mol. The molecule has 0 radical (unpaired) electrons. The van der Waals surface area contributed by atoms with Gasteiger partial charge >= 0.3 is 0 Å². The number of nitrogens with one attached hydrogen (secondary N) is 1. The smallest absolute Gasteiger partial charge is 0.175 e. The van der Waals surface area contributed by atoms with Crippen LogP contribution in [0, 0.1) is 0 Å². The first kappa shape index (κ1) is 12.4. The summed E-state index contributed by atoms with van der Waals surface area (Å²) in [7, 11) is -3.12. The van der Waals surface area contributed by atoms with Gasteiger partial charge in [0, 0.05) is 12.8 Å². The van der Waals surface area contributed by atoms with Crippen molar-refractivity contribution in [2.45, 2.75) is 23.8 Å². The SMILES string of the molecule is CS(=O)(=O)c1ccc(O[C@@H]2CCCNC2)cc1. The number of hydrogen-bond donors (Lipinski definition) is 1. The average molecular weight is 255 g/mol. The van der Waals surface area contributed by atoms with Gasteiger partial charge in [0.15, 0.2) is 9.84 Å². The summed E-state index contributed by atoms with van der Waals surface area (Å²) in [6.07, 6.45) is 3.55. The van der Waals surface area contributed by atoms with Gasteiger partial charge in [0.25, 0.3) is 0 Å². The van der Waals surface area contributed by atoms with Gasteiger partial charge in [-0.05, 0) is 43.7 Å². The quantitative estimate of drug-likeness (QED) is 0.882. The van der Waals surface area contributed by atoms with Crippen molar-refractivity contribution in [1.82, 2.24) is 5.32 Å². The van der Waals surface area contributed by atoms with Crippen molar-refractivity contribution in [1.29, 1.82) is 0 Å². The van der Waals surface area contributed by atoms with E-state index in [1.165, 1.54) is 6.26 Å². The first-order chi connectivity index (χ1) is 8.05. The van der Waals surface area contributed by atoms with E-state index in [4.69, 9.17) is 4.74 Å². The van der Waals surface area contributed by atoms with Crippen LogP contribution in [-0.2, 0) is 9.84 Å². The molecule has 17 heavy (non-hydrogen) atoms. The largest absolute Gasteiger partial charge is 0.489 e. The van der Waals surface area contributed by atoms with E-state index in [1.807, 2.05) is 0 Å². The highest BCUT2D eigenvalue weighted by Gasteiger charge is 2.14. The fourth-order valence-corrected chi connectivity index (χ4v) is 2.51. The van der Waals surface area contributed by atoms with Crippen molar-refractivity contribution in [3.05, 3.63) is 24.3 Å². The van der Waals surface area contributed by atoms with Crippen LogP contribution in [0.2, 0.25) is 0 Å². The normalized spacial score (nSPS) is 21.1. The zero-order valence-corrected chi connectivity index (χ0v) is 10.7. The van der Waals surface area contributed by atoms with Crippen molar-refractivity contribution in [2.24, 2.45) is 0 Å². The summed E-state index contributed by atoms with van der Waals surface area (Å²) in [6, 6.07) is 6.60. The van der Waals surface area contributed by atoms with Crippen LogP contribution < -0.4 is 10.1 Å². The molecule has 1 saturated heterocycles. The van der Waals surface area contributed by atoms with E-state index in [0.717, 1.165) is 31.7 Å². The van der Waals surface area contributed by atoms with Crippen LogP contribution in [0.1, 0.15) is 12.8 Å². The summed E-state index contributed by atoms with van der Waals surface area (Å²) < 4.78 is 28.3. The molecule has 0 aliphatic carbocycles. The Morgan fingerprint density at radius 2 is 2.00 bits per heavy atom. The molecule has 1 heterocycles. The Kier molecular flexibility index (Phi) is 3.69. The van der Waals surface area contributed by atoms with Crippen molar-refractivity contribution >= 4 is 9.84 Å². The molecule has 4 nitrogen and oxygen atoms in total. The second-order valence-electron chi connectivity index (χ2n) is 4.33. The number of rotatable bonds is 3. The third-order valence-corrected chi connectivity index (χ3v) is 3.93. The first-order valence-electron chi connectivity index (χ1n) is 5.73. The summed E-state index contributed by atoms with van der Waals surface area (Å²) in [4.78, 5) is 0.326. The minimum Gasteiger partial charge on any atom is -0.489 e. The van der Waals surface area contributed by atoms with Crippen LogP contribution in [0.3, 0.4) is 0 Å². The van der Waals surface area contributed by atoms with Crippen LogP contribution in [0.25, 0.3) is 0 Å². The molecule has 1 fully saturated rings.